The number of nitrogens with zero attached hydrogens (tertiary/aromatic N) is 2. The Morgan fingerprint density at radius 2 is 1.06 bits per heavy atom. The summed E-state index contributed by atoms with van der Waals surface area (Å²) in [4.78, 5) is 51.7. The first-order valence-corrected chi connectivity index (χ1v) is 10.5. The number of piperazine rings is 1. The molecule has 1 aliphatic rings. The highest BCUT2D eigenvalue weighted by molar-refractivity contribution is 6.31. The molecular formula is C22H20Cl2N2O6. The molecule has 0 radical (unpaired) electrons. The molecule has 0 atom stereocenters. The van der Waals surface area contributed by atoms with Gasteiger partial charge in [0.25, 0.3) is 11.8 Å². The Morgan fingerprint density at radius 1 is 0.688 bits per heavy atom. The van der Waals surface area contributed by atoms with E-state index >= 15 is 0 Å². The lowest BCUT2D eigenvalue weighted by Crippen LogP contribution is -2.52. The van der Waals surface area contributed by atoms with Crippen LogP contribution >= 0.6 is 23.2 Å². The number of halogens is 2. The molecule has 1 heterocycles. The summed E-state index contributed by atoms with van der Waals surface area (Å²) in [7, 11) is 0. The molecule has 32 heavy (non-hydrogen) atoms. The molecule has 0 aromatic heterocycles. The Kier molecular flexibility index (Phi) is 8.08. The Labute approximate surface area is 194 Å². The number of ether oxygens (including phenoxy) is 2. The molecular weight excluding hydrogens is 459 g/mol. The van der Waals surface area contributed by atoms with E-state index in [1.807, 2.05) is 0 Å². The number of esters is 2. The second kappa shape index (κ2) is 11.0. The molecule has 0 bridgehead atoms. The van der Waals surface area contributed by atoms with Gasteiger partial charge in [-0.1, -0.05) is 35.3 Å². The molecule has 2 amide bonds. The maximum atomic E-state index is 12.3. The van der Waals surface area contributed by atoms with Crippen LogP contribution in [0.4, 0.5) is 0 Å². The molecule has 0 N–H and O–H groups in total. The Morgan fingerprint density at radius 3 is 1.41 bits per heavy atom. The molecule has 10 heteroatoms. The summed E-state index contributed by atoms with van der Waals surface area (Å²) in [5.74, 6) is -2.01. The third kappa shape index (κ3) is 6.45. The second-order valence-corrected chi connectivity index (χ2v) is 7.81. The van der Waals surface area contributed by atoms with Crippen LogP contribution in [-0.2, 0) is 19.1 Å². The maximum Gasteiger partial charge on any atom is 0.338 e. The molecule has 2 aromatic rings. The van der Waals surface area contributed by atoms with E-state index in [-0.39, 0.29) is 49.1 Å². The topological polar surface area (TPSA) is 93.2 Å². The smallest absolute Gasteiger partial charge is 0.338 e. The van der Waals surface area contributed by atoms with E-state index in [1.165, 1.54) is 21.9 Å². The summed E-state index contributed by atoms with van der Waals surface area (Å²) in [6.45, 7) is 0.305. The zero-order valence-corrected chi connectivity index (χ0v) is 18.5. The summed E-state index contributed by atoms with van der Waals surface area (Å²) in [6.07, 6.45) is 0. The highest BCUT2D eigenvalue weighted by Gasteiger charge is 2.25. The predicted molar refractivity (Wildman–Crippen MR) is 117 cm³/mol. The third-order valence-electron chi connectivity index (χ3n) is 4.76. The van der Waals surface area contributed by atoms with Gasteiger partial charge in [-0.25, -0.2) is 9.59 Å². The number of hydrogen-bond donors (Lipinski definition) is 0. The summed E-state index contributed by atoms with van der Waals surface area (Å²) in [5, 5.41) is 0.787. The Balaban J connectivity index is 1.40. The van der Waals surface area contributed by atoms with Crippen LogP contribution in [0.3, 0.4) is 0 Å². The van der Waals surface area contributed by atoms with Crippen molar-refractivity contribution < 1.29 is 28.7 Å². The van der Waals surface area contributed by atoms with Gasteiger partial charge in [-0.15, -0.1) is 0 Å². The van der Waals surface area contributed by atoms with Crippen molar-refractivity contribution in [1.82, 2.24) is 9.80 Å². The van der Waals surface area contributed by atoms with Crippen molar-refractivity contribution in [3.63, 3.8) is 0 Å². The maximum absolute atomic E-state index is 12.3. The second-order valence-electron chi connectivity index (χ2n) is 6.93. The van der Waals surface area contributed by atoms with E-state index in [2.05, 4.69) is 0 Å². The lowest BCUT2D eigenvalue weighted by Gasteiger charge is -2.34. The van der Waals surface area contributed by atoms with E-state index in [1.54, 1.807) is 36.4 Å². The molecule has 1 saturated heterocycles. The average molecular weight is 479 g/mol. The fourth-order valence-electron chi connectivity index (χ4n) is 3.04. The fourth-order valence-corrected chi connectivity index (χ4v) is 3.42. The van der Waals surface area contributed by atoms with Crippen LogP contribution in [-0.4, -0.2) is 72.9 Å². The highest BCUT2D eigenvalue weighted by Crippen LogP contribution is 2.13. The van der Waals surface area contributed by atoms with E-state index in [0.29, 0.717) is 10.0 Å². The van der Waals surface area contributed by atoms with Crippen molar-refractivity contribution in [1.29, 1.82) is 0 Å². The van der Waals surface area contributed by atoms with E-state index in [0.717, 1.165) is 0 Å². The van der Waals surface area contributed by atoms with Gasteiger partial charge in [-0.2, -0.15) is 0 Å². The molecule has 0 spiro atoms. The minimum atomic E-state index is -0.642. The van der Waals surface area contributed by atoms with Gasteiger partial charge in [-0.05, 0) is 36.4 Å². The first-order chi connectivity index (χ1) is 15.3. The average Bonchev–Trinajstić information content (AvgIpc) is 2.80. The molecule has 0 saturated carbocycles. The first kappa shape index (κ1) is 23.6. The summed E-state index contributed by atoms with van der Waals surface area (Å²) < 4.78 is 10.1. The van der Waals surface area contributed by atoms with Gasteiger partial charge < -0.3 is 19.3 Å². The lowest BCUT2D eigenvalue weighted by atomic mass is 10.2. The van der Waals surface area contributed by atoms with Crippen molar-refractivity contribution >= 4 is 47.0 Å². The number of carbonyl (C=O) groups is 4. The molecule has 1 fully saturated rings. The van der Waals surface area contributed by atoms with Gasteiger partial charge in [-0.3, -0.25) is 9.59 Å². The van der Waals surface area contributed by atoms with Gasteiger partial charge >= 0.3 is 11.9 Å². The van der Waals surface area contributed by atoms with Crippen molar-refractivity contribution in [2.24, 2.45) is 0 Å². The van der Waals surface area contributed by atoms with Gasteiger partial charge in [0.1, 0.15) is 0 Å². The number of benzene rings is 2. The molecule has 0 aliphatic carbocycles. The Bertz CT molecular complexity index is 939. The van der Waals surface area contributed by atoms with Gasteiger partial charge in [0, 0.05) is 36.2 Å². The minimum absolute atomic E-state index is 0.257. The zero-order chi connectivity index (χ0) is 23.1. The van der Waals surface area contributed by atoms with Gasteiger partial charge in [0.2, 0.25) is 0 Å². The normalized spacial score (nSPS) is 13.4. The molecule has 168 valence electrons. The van der Waals surface area contributed by atoms with E-state index < -0.39 is 25.2 Å². The molecule has 0 unspecified atom stereocenters. The van der Waals surface area contributed by atoms with Gasteiger partial charge in [0.05, 0.1) is 11.1 Å². The SMILES string of the molecule is O=C(OCC(=O)N1CCN(C(=O)COC(=O)c2cccc(Cl)c2)CC1)c1cccc(Cl)c1. The van der Waals surface area contributed by atoms with Crippen LogP contribution in [0.25, 0.3) is 0 Å². The van der Waals surface area contributed by atoms with Crippen LogP contribution in [0, 0.1) is 0 Å². The standard InChI is InChI=1S/C22H20Cl2N2O6/c23-17-5-1-3-15(11-17)21(29)31-13-19(27)25-7-9-26(10-8-25)20(28)14-32-22(30)16-4-2-6-18(24)12-16/h1-6,11-12H,7-10,13-14H2. The van der Waals surface area contributed by atoms with E-state index in [4.69, 9.17) is 32.7 Å². The predicted octanol–water partition coefficient (Wildman–Crippen LogP) is 2.68. The van der Waals surface area contributed by atoms with Crippen molar-refractivity contribution in [3.05, 3.63) is 69.7 Å². The lowest BCUT2D eigenvalue weighted by molar-refractivity contribution is -0.142. The number of rotatable bonds is 6. The van der Waals surface area contributed by atoms with Crippen LogP contribution in [0.5, 0.6) is 0 Å². The van der Waals surface area contributed by atoms with Crippen LogP contribution in [0.1, 0.15) is 20.7 Å². The summed E-state index contributed by atoms with van der Waals surface area (Å²) in [5.41, 5.74) is 0.515. The largest absolute Gasteiger partial charge is 0.452 e. The number of hydrogen-bond acceptors (Lipinski definition) is 6. The van der Waals surface area contributed by atoms with Crippen molar-refractivity contribution in [2.45, 2.75) is 0 Å². The number of carbonyl (C=O) groups excluding carboxylic acids is 4. The monoisotopic (exact) mass is 478 g/mol. The fraction of sp³-hybridized carbons (Fsp3) is 0.273. The number of amides is 2. The first-order valence-electron chi connectivity index (χ1n) is 9.74. The molecule has 3 rings (SSSR count). The van der Waals surface area contributed by atoms with Crippen LogP contribution in [0.2, 0.25) is 10.0 Å². The van der Waals surface area contributed by atoms with Crippen LogP contribution in [0.15, 0.2) is 48.5 Å². The third-order valence-corrected chi connectivity index (χ3v) is 5.23. The molecule has 8 nitrogen and oxygen atoms in total. The molecule has 1 aliphatic heterocycles. The molecule has 2 aromatic carbocycles. The van der Waals surface area contributed by atoms with Gasteiger partial charge in [0.15, 0.2) is 13.2 Å². The quantitative estimate of drug-likeness (QED) is 0.592. The highest BCUT2D eigenvalue weighted by atomic mass is 35.5. The zero-order valence-electron chi connectivity index (χ0n) is 17.0. The van der Waals surface area contributed by atoms with Crippen molar-refractivity contribution in [3.8, 4) is 0 Å². The summed E-state index contributed by atoms with van der Waals surface area (Å²) in [6, 6.07) is 12.5. The van der Waals surface area contributed by atoms with E-state index in [9.17, 15) is 19.2 Å². The van der Waals surface area contributed by atoms with Crippen LogP contribution < -0.4 is 0 Å². The minimum Gasteiger partial charge on any atom is -0.452 e. The Hall–Kier alpha value is -3.10. The summed E-state index contributed by atoms with van der Waals surface area (Å²) >= 11 is 11.7. The van der Waals surface area contributed by atoms with Crippen molar-refractivity contribution in [2.75, 3.05) is 39.4 Å².